The summed E-state index contributed by atoms with van der Waals surface area (Å²) in [5.41, 5.74) is 0.377. The zero-order valence-corrected chi connectivity index (χ0v) is 15.7. The lowest BCUT2D eigenvalue weighted by molar-refractivity contribution is -0.384. The molecule has 2 aromatic rings. The molecule has 10 heteroatoms. The first-order valence-corrected chi connectivity index (χ1v) is 8.53. The third-order valence-corrected chi connectivity index (χ3v) is 3.87. The van der Waals surface area contributed by atoms with Crippen molar-refractivity contribution in [1.82, 2.24) is 0 Å². The molecule has 1 amide bonds. The number of halogens is 1. The van der Waals surface area contributed by atoms with Crippen LogP contribution in [-0.2, 0) is 14.3 Å². The Balaban J connectivity index is 2.06. The number of rotatable bonds is 9. The number of nitro benzene ring substituents is 1. The van der Waals surface area contributed by atoms with Gasteiger partial charge in [0.15, 0.2) is 6.61 Å². The summed E-state index contributed by atoms with van der Waals surface area (Å²) in [6, 6.07) is 10.3. The molecule has 148 valence electrons. The fourth-order valence-corrected chi connectivity index (χ4v) is 2.40. The molecule has 2 rings (SSSR count). The number of carbonyl (C=O) groups is 2. The van der Waals surface area contributed by atoms with Crippen LogP contribution in [0.2, 0.25) is 5.02 Å². The average molecular weight is 408 g/mol. The standard InChI is InChI=1S/C18H18ClN3O6/c1-27-9-8-20-15-7-6-12(22(25)26)10-13(15)18(24)28-11-17(23)21-16-5-3-2-4-14(16)19/h2-7,10,20H,8-9,11H2,1H3,(H,21,23). The SMILES string of the molecule is COCCNc1ccc([N+](=O)[O-])cc1C(=O)OCC(=O)Nc1ccccc1Cl. The molecule has 0 spiro atoms. The molecule has 0 aliphatic rings. The quantitative estimate of drug-likeness (QED) is 0.283. The van der Waals surface area contributed by atoms with Gasteiger partial charge >= 0.3 is 5.97 Å². The molecule has 0 heterocycles. The number of para-hydroxylation sites is 1. The van der Waals surface area contributed by atoms with Crippen LogP contribution in [0.4, 0.5) is 17.1 Å². The van der Waals surface area contributed by atoms with Crippen LogP contribution >= 0.6 is 11.6 Å². The maximum Gasteiger partial charge on any atom is 0.341 e. The van der Waals surface area contributed by atoms with Crippen LogP contribution in [0.1, 0.15) is 10.4 Å². The fraction of sp³-hybridized carbons (Fsp3) is 0.222. The summed E-state index contributed by atoms with van der Waals surface area (Å²) in [6.45, 7) is 0.164. The summed E-state index contributed by atoms with van der Waals surface area (Å²) >= 11 is 5.95. The third-order valence-electron chi connectivity index (χ3n) is 3.54. The van der Waals surface area contributed by atoms with Crippen molar-refractivity contribution in [3.05, 3.63) is 63.2 Å². The van der Waals surface area contributed by atoms with Crippen molar-refractivity contribution in [2.75, 3.05) is 37.5 Å². The van der Waals surface area contributed by atoms with Crippen LogP contribution in [0.3, 0.4) is 0 Å². The molecule has 0 saturated carbocycles. The van der Waals surface area contributed by atoms with Gasteiger partial charge in [-0.05, 0) is 18.2 Å². The minimum absolute atomic E-state index is 0.0594. The number of hydrogen-bond donors (Lipinski definition) is 2. The number of anilines is 2. The van der Waals surface area contributed by atoms with Crippen LogP contribution in [0.25, 0.3) is 0 Å². The Labute approximate surface area is 165 Å². The van der Waals surface area contributed by atoms with Crippen LogP contribution in [0.5, 0.6) is 0 Å². The highest BCUT2D eigenvalue weighted by Gasteiger charge is 2.19. The molecule has 0 atom stereocenters. The molecule has 9 nitrogen and oxygen atoms in total. The number of nitrogens with zero attached hydrogens (tertiary/aromatic N) is 1. The van der Waals surface area contributed by atoms with Crippen molar-refractivity contribution < 1.29 is 24.0 Å². The number of amides is 1. The molecule has 0 unspecified atom stereocenters. The molecule has 0 aromatic heterocycles. The summed E-state index contributed by atoms with van der Waals surface area (Å²) in [5, 5.41) is 16.8. The van der Waals surface area contributed by atoms with Gasteiger partial charge in [-0.1, -0.05) is 23.7 Å². The van der Waals surface area contributed by atoms with Gasteiger partial charge in [-0.25, -0.2) is 4.79 Å². The maximum atomic E-state index is 12.4. The number of hydrogen-bond acceptors (Lipinski definition) is 7. The van der Waals surface area contributed by atoms with Crippen LogP contribution < -0.4 is 10.6 Å². The van der Waals surface area contributed by atoms with E-state index in [1.807, 2.05) is 0 Å². The highest BCUT2D eigenvalue weighted by atomic mass is 35.5. The second-order valence-corrected chi connectivity index (χ2v) is 5.92. The summed E-state index contributed by atoms with van der Waals surface area (Å²) < 4.78 is 9.92. The lowest BCUT2D eigenvalue weighted by Gasteiger charge is -2.12. The van der Waals surface area contributed by atoms with Crippen LogP contribution in [0, 0.1) is 10.1 Å². The number of benzene rings is 2. The highest BCUT2D eigenvalue weighted by Crippen LogP contribution is 2.23. The number of non-ortho nitro benzene ring substituents is 1. The predicted molar refractivity (Wildman–Crippen MR) is 104 cm³/mol. The lowest BCUT2D eigenvalue weighted by Crippen LogP contribution is -2.22. The van der Waals surface area contributed by atoms with E-state index in [-0.39, 0.29) is 11.3 Å². The smallest absolute Gasteiger partial charge is 0.341 e. The Morgan fingerprint density at radius 1 is 1.18 bits per heavy atom. The number of carbonyl (C=O) groups excluding carboxylic acids is 2. The van der Waals surface area contributed by atoms with Gasteiger partial charge < -0.3 is 20.1 Å². The Hall–Kier alpha value is -3.17. The van der Waals surface area contributed by atoms with E-state index < -0.39 is 23.4 Å². The number of ether oxygens (including phenoxy) is 2. The first-order valence-electron chi connectivity index (χ1n) is 8.15. The number of nitrogens with one attached hydrogen (secondary N) is 2. The van der Waals surface area contributed by atoms with Gasteiger partial charge in [-0.2, -0.15) is 0 Å². The molecule has 0 aliphatic heterocycles. The van der Waals surface area contributed by atoms with Gasteiger partial charge in [-0.3, -0.25) is 14.9 Å². The highest BCUT2D eigenvalue weighted by molar-refractivity contribution is 6.33. The second kappa shape index (κ2) is 10.2. The van der Waals surface area contributed by atoms with E-state index in [1.165, 1.54) is 19.2 Å². The topological polar surface area (TPSA) is 120 Å². The Bertz CT molecular complexity index is 874. The van der Waals surface area contributed by atoms with Crippen molar-refractivity contribution in [2.24, 2.45) is 0 Å². The van der Waals surface area contributed by atoms with E-state index in [0.717, 1.165) is 6.07 Å². The van der Waals surface area contributed by atoms with Gasteiger partial charge in [0.25, 0.3) is 11.6 Å². The van der Waals surface area contributed by atoms with Crippen LogP contribution in [0.15, 0.2) is 42.5 Å². The molecular weight excluding hydrogens is 390 g/mol. The molecule has 0 bridgehead atoms. The first-order chi connectivity index (χ1) is 13.4. The summed E-state index contributed by atoms with van der Waals surface area (Å²) in [6.07, 6.45) is 0. The second-order valence-electron chi connectivity index (χ2n) is 5.51. The maximum absolute atomic E-state index is 12.4. The van der Waals surface area contributed by atoms with Gasteiger partial charge in [0, 0.05) is 31.5 Å². The Kier molecular flexibility index (Phi) is 7.73. The number of esters is 1. The van der Waals surface area contributed by atoms with Gasteiger partial charge in [-0.15, -0.1) is 0 Å². The third kappa shape index (κ3) is 5.93. The summed E-state index contributed by atoms with van der Waals surface area (Å²) in [7, 11) is 1.52. The summed E-state index contributed by atoms with van der Waals surface area (Å²) in [4.78, 5) is 34.7. The zero-order valence-electron chi connectivity index (χ0n) is 14.9. The fourth-order valence-electron chi connectivity index (χ4n) is 2.21. The molecule has 0 aliphatic carbocycles. The van der Waals surface area contributed by atoms with Crippen molar-refractivity contribution in [2.45, 2.75) is 0 Å². The largest absolute Gasteiger partial charge is 0.452 e. The average Bonchev–Trinajstić information content (AvgIpc) is 2.68. The number of nitro groups is 1. The molecule has 0 saturated heterocycles. The minimum atomic E-state index is -0.877. The predicted octanol–water partition coefficient (Wildman–Crippen LogP) is 3.10. The van der Waals surface area contributed by atoms with E-state index in [4.69, 9.17) is 21.1 Å². The van der Waals surface area contributed by atoms with Crippen molar-refractivity contribution in [3.63, 3.8) is 0 Å². The van der Waals surface area contributed by atoms with E-state index in [0.29, 0.717) is 29.5 Å². The molecule has 0 fully saturated rings. The molecule has 2 N–H and O–H groups in total. The van der Waals surface area contributed by atoms with E-state index in [2.05, 4.69) is 10.6 Å². The lowest BCUT2D eigenvalue weighted by atomic mass is 10.1. The molecule has 2 aromatic carbocycles. The minimum Gasteiger partial charge on any atom is -0.452 e. The van der Waals surface area contributed by atoms with E-state index in [9.17, 15) is 19.7 Å². The van der Waals surface area contributed by atoms with Crippen molar-refractivity contribution in [3.8, 4) is 0 Å². The van der Waals surface area contributed by atoms with E-state index in [1.54, 1.807) is 24.3 Å². The normalized spacial score (nSPS) is 10.2. The molecular formula is C18H18ClN3O6. The van der Waals surface area contributed by atoms with Crippen molar-refractivity contribution in [1.29, 1.82) is 0 Å². The monoisotopic (exact) mass is 407 g/mol. The number of methoxy groups -OCH3 is 1. The first kappa shape index (κ1) is 21.1. The Morgan fingerprint density at radius 3 is 2.61 bits per heavy atom. The van der Waals surface area contributed by atoms with E-state index >= 15 is 0 Å². The molecule has 28 heavy (non-hydrogen) atoms. The van der Waals surface area contributed by atoms with Gasteiger partial charge in [0.1, 0.15) is 0 Å². The van der Waals surface area contributed by atoms with Gasteiger partial charge in [0.05, 0.1) is 27.8 Å². The molecule has 0 radical (unpaired) electrons. The van der Waals surface area contributed by atoms with Gasteiger partial charge in [0.2, 0.25) is 0 Å². The Morgan fingerprint density at radius 2 is 1.93 bits per heavy atom. The van der Waals surface area contributed by atoms with Crippen molar-refractivity contribution >= 4 is 40.5 Å². The zero-order chi connectivity index (χ0) is 20.5. The van der Waals surface area contributed by atoms with Crippen LogP contribution in [-0.4, -0.2) is 43.7 Å². The summed E-state index contributed by atoms with van der Waals surface area (Å²) in [5.74, 6) is -1.47.